The molecule has 0 saturated heterocycles. The van der Waals surface area contributed by atoms with E-state index in [1.165, 1.54) is 12.1 Å². The molecule has 2 aromatic rings. The van der Waals surface area contributed by atoms with Crippen LogP contribution in [-0.2, 0) is 6.18 Å². The van der Waals surface area contributed by atoms with Gasteiger partial charge in [-0.25, -0.2) is 0 Å². The first-order chi connectivity index (χ1) is 8.38. The summed E-state index contributed by atoms with van der Waals surface area (Å²) < 4.78 is 37.3. The van der Waals surface area contributed by atoms with Gasteiger partial charge in [0.15, 0.2) is 0 Å². The van der Waals surface area contributed by atoms with Crippen LogP contribution in [0.4, 0.5) is 13.2 Å². The summed E-state index contributed by atoms with van der Waals surface area (Å²) in [5.41, 5.74) is 2.86. The van der Waals surface area contributed by atoms with E-state index in [4.69, 9.17) is 0 Å². The third-order valence-corrected chi connectivity index (χ3v) is 2.88. The molecular formula is C14H12F3N. The quantitative estimate of drug-likeness (QED) is 0.732. The normalized spacial score (nSPS) is 11.6. The van der Waals surface area contributed by atoms with E-state index < -0.39 is 11.7 Å². The summed E-state index contributed by atoms with van der Waals surface area (Å²) in [6.45, 7) is 3.89. The minimum Gasteiger partial charge on any atom is -0.256 e. The van der Waals surface area contributed by atoms with Gasteiger partial charge in [-0.15, -0.1) is 0 Å². The minimum atomic E-state index is -4.30. The maximum absolute atomic E-state index is 12.4. The molecule has 0 aliphatic rings. The fourth-order valence-electron chi connectivity index (χ4n) is 1.61. The van der Waals surface area contributed by atoms with Gasteiger partial charge in [0.2, 0.25) is 0 Å². The van der Waals surface area contributed by atoms with Crippen molar-refractivity contribution in [1.29, 1.82) is 0 Å². The molecule has 0 spiro atoms. The maximum atomic E-state index is 12.4. The Morgan fingerprint density at radius 3 is 2.06 bits per heavy atom. The first-order valence-corrected chi connectivity index (χ1v) is 5.49. The van der Waals surface area contributed by atoms with Crippen molar-refractivity contribution in [3.63, 3.8) is 0 Å². The molecule has 94 valence electrons. The van der Waals surface area contributed by atoms with Crippen LogP contribution in [0.3, 0.4) is 0 Å². The summed E-state index contributed by atoms with van der Waals surface area (Å²) in [4.78, 5) is 4.22. The van der Waals surface area contributed by atoms with E-state index in [1.807, 2.05) is 19.9 Å². The molecule has 1 aromatic carbocycles. The maximum Gasteiger partial charge on any atom is 0.416 e. The van der Waals surface area contributed by atoms with Crippen LogP contribution in [-0.4, -0.2) is 4.98 Å². The van der Waals surface area contributed by atoms with Crippen LogP contribution in [0.2, 0.25) is 0 Å². The molecule has 0 bridgehead atoms. The lowest BCUT2D eigenvalue weighted by Crippen LogP contribution is -2.04. The molecule has 1 nitrogen and oxygen atoms in total. The van der Waals surface area contributed by atoms with Crippen molar-refractivity contribution in [2.75, 3.05) is 0 Å². The Morgan fingerprint density at radius 2 is 1.56 bits per heavy atom. The molecule has 18 heavy (non-hydrogen) atoms. The molecule has 0 saturated carbocycles. The SMILES string of the molecule is Cc1cnc(-c2ccc(C(F)(F)F)cc2)cc1C. The summed E-state index contributed by atoms with van der Waals surface area (Å²) in [5.74, 6) is 0. The second-order valence-corrected chi connectivity index (χ2v) is 4.23. The van der Waals surface area contributed by atoms with Crippen LogP contribution in [0.15, 0.2) is 36.5 Å². The van der Waals surface area contributed by atoms with Crippen LogP contribution in [0, 0.1) is 13.8 Å². The molecule has 1 aromatic heterocycles. The fraction of sp³-hybridized carbons (Fsp3) is 0.214. The lowest BCUT2D eigenvalue weighted by molar-refractivity contribution is -0.137. The van der Waals surface area contributed by atoms with Gasteiger partial charge in [-0.2, -0.15) is 13.2 Å². The zero-order valence-corrected chi connectivity index (χ0v) is 10.0. The average molecular weight is 251 g/mol. The predicted octanol–water partition coefficient (Wildman–Crippen LogP) is 4.38. The standard InChI is InChI=1S/C14H12F3N/c1-9-7-13(18-8-10(9)2)11-3-5-12(6-4-11)14(15,16)17/h3-8H,1-2H3. The third-order valence-electron chi connectivity index (χ3n) is 2.88. The van der Waals surface area contributed by atoms with E-state index in [9.17, 15) is 13.2 Å². The van der Waals surface area contributed by atoms with Crippen molar-refractivity contribution in [2.45, 2.75) is 20.0 Å². The molecule has 0 aliphatic carbocycles. The molecule has 0 amide bonds. The number of halogens is 3. The Bertz CT molecular complexity index is 556. The molecule has 0 unspecified atom stereocenters. The van der Waals surface area contributed by atoms with Gasteiger partial charge in [-0.1, -0.05) is 12.1 Å². The first-order valence-electron chi connectivity index (χ1n) is 5.49. The summed E-state index contributed by atoms with van der Waals surface area (Å²) in [7, 11) is 0. The second kappa shape index (κ2) is 4.44. The Balaban J connectivity index is 2.37. The van der Waals surface area contributed by atoms with E-state index in [2.05, 4.69) is 4.98 Å². The fourth-order valence-corrected chi connectivity index (χ4v) is 1.61. The number of hydrogen-bond acceptors (Lipinski definition) is 1. The second-order valence-electron chi connectivity index (χ2n) is 4.23. The zero-order chi connectivity index (χ0) is 13.3. The molecule has 0 atom stereocenters. The number of aryl methyl sites for hydroxylation is 2. The van der Waals surface area contributed by atoms with Gasteiger partial charge in [0.05, 0.1) is 11.3 Å². The Morgan fingerprint density at radius 1 is 0.944 bits per heavy atom. The minimum absolute atomic E-state index is 0.643. The van der Waals surface area contributed by atoms with E-state index in [-0.39, 0.29) is 0 Å². The Labute approximate surface area is 103 Å². The highest BCUT2D eigenvalue weighted by Gasteiger charge is 2.29. The van der Waals surface area contributed by atoms with Crippen LogP contribution in [0.5, 0.6) is 0 Å². The van der Waals surface area contributed by atoms with Crippen LogP contribution in [0.1, 0.15) is 16.7 Å². The largest absolute Gasteiger partial charge is 0.416 e. The van der Waals surface area contributed by atoms with Gasteiger partial charge >= 0.3 is 6.18 Å². The lowest BCUT2D eigenvalue weighted by Gasteiger charge is -2.08. The number of pyridine rings is 1. The zero-order valence-electron chi connectivity index (χ0n) is 10.0. The molecule has 0 aliphatic heterocycles. The number of rotatable bonds is 1. The van der Waals surface area contributed by atoms with Gasteiger partial charge in [0.1, 0.15) is 0 Å². The predicted molar refractivity (Wildman–Crippen MR) is 64.1 cm³/mol. The number of benzene rings is 1. The van der Waals surface area contributed by atoms with E-state index >= 15 is 0 Å². The van der Waals surface area contributed by atoms with Crippen molar-refractivity contribution >= 4 is 0 Å². The first kappa shape index (κ1) is 12.6. The van der Waals surface area contributed by atoms with E-state index in [0.717, 1.165) is 23.3 Å². The third kappa shape index (κ3) is 2.53. The van der Waals surface area contributed by atoms with Gasteiger partial charge in [0, 0.05) is 11.8 Å². The number of nitrogens with zero attached hydrogens (tertiary/aromatic N) is 1. The number of hydrogen-bond donors (Lipinski definition) is 0. The highest BCUT2D eigenvalue weighted by molar-refractivity contribution is 5.60. The smallest absolute Gasteiger partial charge is 0.256 e. The highest BCUT2D eigenvalue weighted by atomic mass is 19.4. The summed E-state index contributed by atoms with van der Waals surface area (Å²) >= 11 is 0. The monoisotopic (exact) mass is 251 g/mol. The van der Waals surface area contributed by atoms with Crippen molar-refractivity contribution < 1.29 is 13.2 Å². The van der Waals surface area contributed by atoms with Crippen molar-refractivity contribution in [1.82, 2.24) is 4.98 Å². The van der Waals surface area contributed by atoms with Gasteiger partial charge < -0.3 is 0 Å². The van der Waals surface area contributed by atoms with Crippen LogP contribution < -0.4 is 0 Å². The summed E-state index contributed by atoms with van der Waals surface area (Å²) in [6, 6.07) is 6.91. The Hall–Kier alpha value is -1.84. The highest BCUT2D eigenvalue weighted by Crippen LogP contribution is 2.30. The topological polar surface area (TPSA) is 12.9 Å². The molecular weight excluding hydrogens is 239 g/mol. The molecule has 4 heteroatoms. The van der Waals surface area contributed by atoms with Crippen LogP contribution >= 0.6 is 0 Å². The van der Waals surface area contributed by atoms with Gasteiger partial charge in [0.25, 0.3) is 0 Å². The molecule has 1 heterocycles. The summed E-state index contributed by atoms with van der Waals surface area (Å²) in [5, 5.41) is 0. The average Bonchev–Trinajstić information content (AvgIpc) is 2.32. The molecule has 0 radical (unpaired) electrons. The van der Waals surface area contributed by atoms with Crippen molar-refractivity contribution in [3.05, 3.63) is 53.2 Å². The number of aromatic nitrogens is 1. The van der Waals surface area contributed by atoms with Crippen LogP contribution in [0.25, 0.3) is 11.3 Å². The lowest BCUT2D eigenvalue weighted by atomic mass is 10.1. The summed E-state index contributed by atoms with van der Waals surface area (Å²) in [6.07, 6.45) is -2.57. The Kier molecular flexibility index (Phi) is 3.11. The van der Waals surface area contributed by atoms with Crippen molar-refractivity contribution in [3.8, 4) is 11.3 Å². The van der Waals surface area contributed by atoms with Crippen molar-refractivity contribution in [2.24, 2.45) is 0 Å². The van der Waals surface area contributed by atoms with E-state index in [1.54, 1.807) is 6.20 Å². The van der Waals surface area contributed by atoms with E-state index in [0.29, 0.717) is 11.3 Å². The molecule has 2 rings (SSSR count). The number of alkyl halides is 3. The van der Waals surface area contributed by atoms with Gasteiger partial charge in [-0.05, 0) is 43.2 Å². The van der Waals surface area contributed by atoms with Gasteiger partial charge in [-0.3, -0.25) is 4.98 Å². The molecule has 0 N–H and O–H groups in total. The molecule has 0 fully saturated rings.